The van der Waals surface area contributed by atoms with Crippen LogP contribution in [0.4, 0.5) is 10.8 Å². The van der Waals surface area contributed by atoms with Gasteiger partial charge in [0.15, 0.2) is 0 Å². The summed E-state index contributed by atoms with van der Waals surface area (Å²) in [6.45, 7) is 3.41. The van der Waals surface area contributed by atoms with Crippen molar-refractivity contribution in [3.63, 3.8) is 0 Å². The van der Waals surface area contributed by atoms with Crippen LogP contribution in [0.3, 0.4) is 0 Å². The molecule has 11 heteroatoms. The molecule has 1 aromatic carbocycles. The van der Waals surface area contributed by atoms with Crippen LogP contribution in [0.2, 0.25) is 0 Å². The predicted molar refractivity (Wildman–Crippen MR) is 103 cm³/mol. The lowest BCUT2D eigenvalue weighted by atomic mass is 10.2. The molecule has 0 radical (unpaired) electrons. The lowest BCUT2D eigenvalue weighted by Crippen LogP contribution is -2.13. The minimum absolute atomic E-state index is 0.106. The quantitative estimate of drug-likeness (QED) is 0.576. The smallest absolute Gasteiger partial charge is 0.277 e. The van der Waals surface area contributed by atoms with Gasteiger partial charge in [-0.3, -0.25) is 14.9 Å². The molecule has 0 fully saturated rings. The third kappa shape index (κ3) is 5.34. The number of benzene rings is 1. The maximum Gasteiger partial charge on any atom is 0.277 e. The number of hydrogen-bond donors (Lipinski definition) is 2. The Morgan fingerprint density at radius 3 is 2.78 bits per heavy atom. The van der Waals surface area contributed by atoms with Gasteiger partial charge in [0, 0.05) is 18.2 Å². The number of carbonyl (C=O) groups is 2. The number of nitrogens with one attached hydrogen (secondary N) is 2. The van der Waals surface area contributed by atoms with Gasteiger partial charge < -0.3 is 9.73 Å². The summed E-state index contributed by atoms with van der Waals surface area (Å²) in [6.07, 6.45) is 0.774. The molecule has 2 amide bonds. The average molecular weight is 404 g/mol. The van der Waals surface area contributed by atoms with E-state index in [1.54, 1.807) is 24.3 Å². The number of aromatic nitrogens is 4. The second kappa shape index (κ2) is 8.73. The molecule has 2 heterocycles. The highest BCUT2D eigenvalue weighted by Crippen LogP contribution is 2.25. The summed E-state index contributed by atoms with van der Waals surface area (Å²) < 4.78 is 5.57. The van der Waals surface area contributed by atoms with Crippen molar-refractivity contribution in [2.75, 3.05) is 16.4 Å². The molecule has 2 aromatic heterocycles. The number of rotatable bonds is 7. The van der Waals surface area contributed by atoms with Gasteiger partial charge in [0.25, 0.3) is 5.22 Å². The first kappa shape index (κ1) is 19.0. The number of aryl methyl sites for hydroxylation is 1. The van der Waals surface area contributed by atoms with E-state index >= 15 is 0 Å². The molecule has 140 valence electrons. The molecule has 0 aliphatic rings. The molecule has 9 nitrogen and oxygen atoms in total. The predicted octanol–water partition coefficient (Wildman–Crippen LogP) is 2.84. The highest BCUT2D eigenvalue weighted by atomic mass is 32.2. The third-order valence-electron chi connectivity index (χ3n) is 3.18. The third-order valence-corrected chi connectivity index (χ3v) is 4.98. The van der Waals surface area contributed by atoms with Crippen LogP contribution in [-0.4, -0.2) is 38.0 Å². The Balaban J connectivity index is 1.57. The standard InChI is InChI=1S/C16H16N6O3S2/c1-3-13-19-21-15(27-13)18-12(24)8-26-16-22-20-14(25-16)10-5-4-6-11(7-10)17-9(2)23/h4-7H,3,8H2,1-2H3,(H,17,23)(H,18,21,24). The molecule has 2 N–H and O–H groups in total. The van der Waals surface area contributed by atoms with Crippen molar-refractivity contribution < 1.29 is 14.0 Å². The van der Waals surface area contributed by atoms with Gasteiger partial charge in [0.1, 0.15) is 5.01 Å². The number of nitrogens with zero attached hydrogens (tertiary/aromatic N) is 4. The first-order valence-electron chi connectivity index (χ1n) is 8.00. The normalized spacial score (nSPS) is 10.6. The zero-order valence-corrected chi connectivity index (χ0v) is 16.2. The van der Waals surface area contributed by atoms with Gasteiger partial charge in [-0.15, -0.1) is 20.4 Å². The highest BCUT2D eigenvalue weighted by molar-refractivity contribution is 7.99. The van der Waals surface area contributed by atoms with Gasteiger partial charge in [-0.1, -0.05) is 36.1 Å². The van der Waals surface area contributed by atoms with Crippen molar-refractivity contribution in [3.05, 3.63) is 29.3 Å². The van der Waals surface area contributed by atoms with E-state index in [-0.39, 0.29) is 22.8 Å². The Kier molecular flexibility index (Phi) is 6.14. The highest BCUT2D eigenvalue weighted by Gasteiger charge is 2.13. The fourth-order valence-corrected chi connectivity index (χ4v) is 3.31. The fraction of sp³-hybridized carbons (Fsp3) is 0.250. The Labute approximate surface area is 163 Å². The van der Waals surface area contributed by atoms with Crippen molar-refractivity contribution in [2.24, 2.45) is 0 Å². The Bertz CT molecular complexity index is 955. The molecular formula is C16H16N6O3S2. The van der Waals surface area contributed by atoms with Gasteiger partial charge >= 0.3 is 0 Å². The van der Waals surface area contributed by atoms with E-state index in [1.807, 2.05) is 6.92 Å². The molecule has 0 bridgehead atoms. The van der Waals surface area contributed by atoms with E-state index in [9.17, 15) is 9.59 Å². The molecule has 0 aliphatic heterocycles. The molecule has 0 spiro atoms. The number of hydrogen-bond acceptors (Lipinski definition) is 9. The molecule has 3 aromatic rings. The number of carbonyl (C=O) groups excluding carboxylic acids is 2. The summed E-state index contributed by atoms with van der Waals surface area (Å²) in [7, 11) is 0. The molecule has 0 saturated heterocycles. The van der Waals surface area contributed by atoms with Crippen molar-refractivity contribution in [2.45, 2.75) is 25.5 Å². The maximum absolute atomic E-state index is 12.0. The van der Waals surface area contributed by atoms with E-state index in [0.717, 1.165) is 23.2 Å². The second-order valence-electron chi connectivity index (χ2n) is 5.33. The SMILES string of the molecule is CCc1nnc(NC(=O)CSc2nnc(-c3cccc(NC(C)=O)c3)o2)s1. The van der Waals surface area contributed by atoms with Crippen LogP contribution in [0.25, 0.3) is 11.5 Å². The monoisotopic (exact) mass is 404 g/mol. The molecule has 0 saturated carbocycles. The number of anilines is 2. The Morgan fingerprint density at radius 2 is 2.04 bits per heavy atom. The first-order valence-corrected chi connectivity index (χ1v) is 9.80. The van der Waals surface area contributed by atoms with E-state index in [1.165, 1.54) is 18.3 Å². The van der Waals surface area contributed by atoms with Crippen LogP contribution in [-0.2, 0) is 16.0 Å². The van der Waals surface area contributed by atoms with Gasteiger partial charge in [-0.2, -0.15) is 0 Å². The summed E-state index contributed by atoms with van der Waals surface area (Å²) in [6, 6.07) is 7.06. The van der Waals surface area contributed by atoms with Gasteiger partial charge in [-0.05, 0) is 24.6 Å². The lowest BCUT2D eigenvalue weighted by Gasteiger charge is -2.02. The first-order chi connectivity index (χ1) is 13.0. The molecule has 27 heavy (non-hydrogen) atoms. The van der Waals surface area contributed by atoms with Gasteiger partial charge in [-0.25, -0.2) is 0 Å². The summed E-state index contributed by atoms with van der Waals surface area (Å²) in [5, 5.41) is 22.7. The minimum atomic E-state index is -0.230. The van der Waals surface area contributed by atoms with Crippen LogP contribution < -0.4 is 10.6 Å². The second-order valence-corrected chi connectivity index (χ2v) is 7.32. The number of thioether (sulfide) groups is 1. The molecular weight excluding hydrogens is 388 g/mol. The summed E-state index contributed by atoms with van der Waals surface area (Å²) in [5.74, 6) is 0.0173. The van der Waals surface area contributed by atoms with E-state index < -0.39 is 0 Å². The van der Waals surface area contributed by atoms with Crippen LogP contribution >= 0.6 is 23.1 Å². The zero-order valence-electron chi connectivity index (χ0n) is 14.6. The summed E-state index contributed by atoms with van der Waals surface area (Å²) >= 11 is 2.47. The van der Waals surface area contributed by atoms with Crippen LogP contribution in [0.1, 0.15) is 18.9 Å². The van der Waals surface area contributed by atoms with Crippen LogP contribution in [0, 0.1) is 0 Å². The Morgan fingerprint density at radius 1 is 1.19 bits per heavy atom. The molecule has 3 rings (SSSR count). The lowest BCUT2D eigenvalue weighted by molar-refractivity contribution is -0.114. The van der Waals surface area contributed by atoms with Crippen molar-refractivity contribution in [1.29, 1.82) is 0 Å². The molecule has 0 aliphatic carbocycles. The van der Waals surface area contributed by atoms with Crippen molar-refractivity contribution in [1.82, 2.24) is 20.4 Å². The van der Waals surface area contributed by atoms with Gasteiger partial charge in [0.2, 0.25) is 22.8 Å². The minimum Gasteiger partial charge on any atom is -0.411 e. The van der Waals surface area contributed by atoms with Crippen molar-refractivity contribution in [3.8, 4) is 11.5 Å². The van der Waals surface area contributed by atoms with Gasteiger partial charge in [0.05, 0.1) is 5.75 Å². The average Bonchev–Trinajstić information content (AvgIpc) is 3.29. The molecule has 0 unspecified atom stereocenters. The van der Waals surface area contributed by atoms with E-state index in [4.69, 9.17) is 4.42 Å². The van der Waals surface area contributed by atoms with E-state index in [0.29, 0.717) is 22.3 Å². The van der Waals surface area contributed by atoms with E-state index in [2.05, 4.69) is 31.0 Å². The fourth-order valence-electron chi connectivity index (χ4n) is 2.05. The largest absolute Gasteiger partial charge is 0.411 e. The van der Waals surface area contributed by atoms with Crippen LogP contribution in [0.5, 0.6) is 0 Å². The topological polar surface area (TPSA) is 123 Å². The summed E-state index contributed by atoms with van der Waals surface area (Å²) in [5.41, 5.74) is 1.31. The maximum atomic E-state index is 12.0. The zero-order chi connectivity index (χ0) is 19.2. The summed E-state index contributed by atoms with van der Waals surface area (Å²) in [4.78, 5) is 23.1. The van der Waals surface area contributed by atoms with Crippen LogP contribution in [0.15, 0.2) is 33.9 Å². The number of amides is 2. The molecule has 0 atom stereocenters. The Hall–Kier alpha value is -2.79. The van der Waals surface area contributed by atoms with Crippen molar-refractivity contribution >= 4 is 45.7 Å².